The van der Waals surface area contributed by atoms with Crippen molar-refractivity contribution in [3.05, 3.63) is 46.4 Å². The molecule has 1 aromatic rings. The van der Waals surface area contributed by atoms with Crippen molar-refractivity contribution < 1.29 is 27.5 Å². The molecular formula is C25H29NO6S. The molecule has 0 atom stereocenters. The first kappa shape index (κ1) is 22.3. The maximum atomic E-state index is 13.3. The lowest BCUT2D eigenvalue weighted by atomic mass is 9.73. The van der Waals surface area contributed by atoms with Crippen LogP contribution in [0.25, 0.3) is 0 Å². The molecule has 176 valence electrons. The molecule has 7 nitrogen and oxygen atoms in total. The second-order valence-corrected chi connectivity index (χ2v) is 11.0. The SMILES string of the molecule is COc1cc(C2C3=C(CCCC3=O)OC3=C2C(=O)CCC3)ccc1S(=O)(=O)N1CCCCC1. The van der Waals surface area contributed by atoms with E-state index in [1.54, 1.807) is 18.2 Å². The summed E-state index contributed by atoms with van der Waals surface area (Å²) in [6.45, 7) is 1.01. The van der Waals surface area contributed by atoms with Gasteiger partial charge in [0.25, 0.3) is 0 Å². The molecule has 0 bridgehead atoms. The van der Waals surface area contributed by atoms with E-state index in [0.29, 0.717) is 67.0 Å². The van der Waals surface area contributed by atoms with E-state index >= 15 is 0 Å². The van der Waals surface area contributed by atoms with Gasteiger partial charge in [-0.05, 0) is 43.4 Å². The second-order valence-electron chi connectivity index (χ2n) is 9.14. The number of benzene rings is 1. The van der Waals surface area contributed by atoms with Gasteiger partial charge < -0.3 is 9.47 Å². The first-order valence-electron chi connectivity index (χ1n) is 11.8. The zero-order chi connectivity index (χ0) is 23.2. The van der Waals surface area contributed by atoms with Crippen LogP contribution in [0, 0.1) is 0 Å². The number of methoxy groups -OCH3 is 1. The fourth-order valence-electron chi connectivity index (χ4n) is 5.47. The van der Waals surface area contributed by atoms with Crippen LogP contribution in [-0.2, 0) is 24.3 Å². The van der Waals surface area contributed by atoms with Crippen LogP contribution in [0.5, 0.6) is 5.75 Å². The molecule has 0 N–H and O–H groups in total. The van der Waals surface area contributed by atoms with Gasteiger partial charge in [-0.1, -0.05) is 12.5 Å². The second kappa shape index (κ2) is 8.72. The summed E-state index contributed by atoms with van der Waals surface area (Å²) in [5.74, 6) is 1.01. The zero-order valence-electron chi connectivity index (χ0n) is 18.9. The molecule has 0 unspecified atom stereocenters. The topological polar surface area (TPSA) is 90.0 Å². The number of Topliss-reactive ketones (excluding diaryl/α,β-unsaturated/α-hetero) is 2. The fraction of sp³-hybridized carbons (Fsp3) is 0.520. The monoisotopic (exact) mass is 471 g/mol. The van der Waals surface area contributed by atoms with Crippen molar-refractivity contribution in [2.45, 2.75) is 68.6 Å². The Kier molecular flexibility index (Phi) is 5.91. The van der Waals surface area contributed by atoms with Crippen molar-refractivity contribution in [1.82, 2.24) is 4.31 Å². The van der Waals surface area contributed by atoms with Gasteiger partial charge in [0.2, 0.25) is 10.0 Å². The maximum Gasteiger partial charge on any atom is 0.246 e. The summed E-state index contributed by atoms with van der Waals surface area (Å²) >= 11 is 0. The summed E-state index contributed by atoms with van der Waals surface area (Å²) in [7, 11) is -2.25. The summed E-state index contributed by atoms with van der Waals surface area (Å²) < 4.78 is 39.8. The van der Waals surface area contributed by atoms with Crippen LogP contribution in [0.3, 0.4) is 0 Å². The number of carbonyl (C=O) groups is 2. The smallest absolute Gasteiger partial charge is 0.246 e. The number of nitrogens with zero attached hydrogens (tertiary/aromatic N) is 1. The number of carbonyl (C=O) groups excluding carboxylic acids is 2. The molecule has 1 aromatic carbocycles. The molecule has 2 aliphatic carbocycles. The Morgan fingerprint density at radius 2 is 1.48 bits per heavy atom. The summed E-state index contributed by atoms with van der Waals surface area (Å²) in [6.07, 6.45) is 6.38. The van der Waals surface area contributed by atoms with Gasteiger partial charge in [-0.2, -0.15) is 4.31 Å². The highest BCUT2D eigenvalue weighted by Gasteiger charge is 2.42. The molecule has 0 radical (unpaired) electrons. The van der Waals surface area contributed by atoms with Gasteiger partial charge in [0, 0.05) is 55.8 Å². The van der Waals surface area contributed by atoms with E-state index in [-0.39, 0.29) is 22.2 Å². The lowest BCUT2D eigenvalue weighted by molar-refractivity contribution is -0.117. The minimum Gasteiger partial charge on any atom is -0.495 e. The Morgan fingerprint density at radius 1 is 0.879 bits per heavy atom. The van der Waals surface area contributed by atoms with Gasteiger partial charge in [0.05, 0.1) is 7.11 Å². The predicted octanol–water partition coefficient (Wildman–Crippen LogP) is 4.00. The number of sulfonamides is 1. The minimum absolute atomic E-state index is 0.00449. The van der Waals surface area contributed by atoms with Crippen LogP contribution in [0.15, 0.2) is 45.8 Å². The quantitative estimate of drug-likeness (QED) is 0.659. The van der Waals surface area contributed by atoms with Crippen molar-refractivity contribution in [2.24, 2.45) is 0 Å². The van der Waals surface area contributed by atoms with Gasteiger partial charge in [-0.3, -0.25) is 9.59 Å². The first-order valence-corrected chi connectivity index (χ1v) is 13.2. The third kappa shape index (κ3) is 3.83. The average molecular weight is 472 g/mol. The van der Waals surface area contributed by atoms with E-state index in [2.05, 4.69) is 0 Å². The molecule has 2 aliphatic heterocycles. The Labute approximate surface area is 194 Å². The fourth-order valence-corrected chi connectivity index (χ4v) is 7.13. The molecule has 8 heteroatoms. The van der Waals surface area contributed by atoms with Crippen molar-refractivity contribution in [3.63, 3.8) is 0 Å². The van der Waals surface area contributed by atoms with Gasteiger partial charge in [0.1, 0.15) is 22.2 Å². The van der Waals surface area contributed by atoms with Crippen molar-refractivity contribution in [1.29, 1.82) is 0 Å². The van der Waals surface area contributed by atoms with Crippen LogP contribution in [0.4, 0.5) is 0 Å². The predicted molar refractivity (Wildman–Crippen MR) is 121 cm³/mol. The molecule has 0 saturated carbocycles. The van der Waals surface area contributed by atoms with E-state index in [1.807, 2.05) is 0 Å². The Hall–Kier alpha value is -2.45. The molecule has 4 aliphatic rings. The van der Waals surface area contributed by atoms with E-state index < -0.39 is 15.9 Å². The number of hydrogen-bond acceptors (Lipinski definition) is 6. The third-order valence-electron chi connectivity index (χ3n) is 7.09. The normalized spacial score (nSPS) is 22.7. The summed E-state index contributed by atoms with van der Waals surface area (Å²) in [4.78, 5) is 26.1. The highest BCUT2D eigenvalue weighted by molar-refractivity contribution is 7.89. The third-order valence-corrected chi connectivity index (χ3v) is 9.03. The van der Waals surface area contributed by atoms with E-state index in [4.69, 9.17) is 9.47 Å². The molecule has 5 rings (SSSR count). The average Bonchev–Trinajstić information content (AvgIpc) is 2.83. The van der Waals surface area contributed by atoms with Gasteiger partial charge in [-0.25, -0.2) is 8.42 Å². The van der Waals surface area contributed by atoms with Crippen molar-refractivity contribution in [3.8, 4) is 5.75 Å². The number of rotatable bonds is 4. The standard InChI is InChI=1S/C25H29NO6S/c1-31-21-15-16(11-12-22(21)33(29,30)26-13-3-2-4-14-26)23-24-17(27)7-5-9-19(24)32-20-10-6-8-18(28)25(20)23/h11-12,15,23H,2-10,13-14H2,1H3. The number of ketones is 2. The van der Waals surface area contributed by atoms with Crippen LogP contribution >= 0.6 is 0 Å². The number of ether oxygens (including phenoxy) is 2. The molecule has 0 spiro atoms. The van der Waals surface area contributed by atoms with Crippen molar-refractivity contribution >= 4 is 21.6 Å². The molecule has 1 saturated heterocycles. The lowest BCUT2D eigenvalue weighted by Crippen LogP contribution is -2.35. The molecular weight excluding hydrogens is 442 g/mol. The van der Waals surface area contributed by atoms with Gasteiger partial charge in [-0.15, -0.1) is 0 Å². The molecule has 0 amide bonds. The van der Waals surface area contributed by atoms with Crippen LogP contribution < -0.4 is 4.74 Å². The summed E-state index contributed by atoms with van der Waals surface area (Å²) in [5.41, 5.74) is 1.78. The molecule has 1 fully saturated rings. The first-order chi connectivity index (χ1) is 15.9. The number of piperidine rings is 1. The van der Waals surface area contributed by atoms with E-state index in [0.717, 1.165) is 32.1 Å². The van der Waals surface area contributed by atoms with Crippen molar-refractivity contribution in [2.75, 3.05) is 20.2 Å². The van der Waals surface area contributed by atoms with Crippen LogP contribution in [-0.4, -0.2) is 44.5 Å². The zero-order valence-corrected chi connectivity index (χ0v) is 19.7. The highest BCUT2D eigenvalue weighted by atomic mass is 32.2. The Bertz CT molecular complexity index is 1130. The van der Waals surface area contributed by atoms with E-state index in [9.17, 15) is 18.0 Å². The molecule has 33 heavy (non-hydrogen) atoms. The minimum atomic E-state index is -3.69. The largest absolute Gasteiger partial charge is 0.495 e. The Morgan fingerprint density at radius 3 is 2.06 bits per heavy atom. The van der Waals surface area contributed by atoms with Gasteiger partial charge >= 0.3 is 0 Å². The molecule has 0 aromatic heterocycles. The van der Waals surface area contributed by atoms with Crippen LogP contribution in [0.1, 0.15) is 69.3 Å². The number of hydrogen-bond donors (Lipinski definition) is 0. The summed E-state index contributed by atoms with van der Waals surface area (Å²) in [5, 5.41) is 0. The van der Waals surface area contributed by atoms with E-state index in [1.165, 1.54) is 11.4 Å². The molecule has 2 heterocycles. The summed E-state index contributed by atoms with van der Waals surface area (Å²) in [6, 6.07) is 4.98. The Balaban J connectivity index is 1.62. The lowest BCUT2D eigenvalue weighted by Gasteiger charge is -2.36. The number of allylic oxidation sites excluding steroid dienone is 4. The van der Waals surface area contributed by atoms with Crippen LogP contribution in [0.2, 0.25) is 0 Å². The maximum absolute atomic E-state index is 13.3. The van der Waals surface area contributed by atoms with Gasteiger partial charge in [0.15, 0.2) is 11.6 Å². The highest BCUT2D eigenvalue weighted by Crippen LogP contribution is 2.48.